The maximum absolute atomic E-state index is 12.2. The van der Waals surface area contributed by atoms with Crippen LogP contribution >= 0.6 is 34.3 Å². The Hall–Kier alpha value is -1.36. The molecule has 0 bridgehead atoms. The predicted molar refractivity (Wildman–Crippen MR) is 88.5 cm³/mol. The highest BCUT2D eigenvalue weighted by Crippen LogP contribution is 2.34. The molecule has 0 spiro atoms. The van der Waals surface area contributed by atoms with E-state index in [9.17, 15) is 4.79 Å². The van der Waals surface area contributed by atoms with Crippen LogP contribution in [0.5, 0.6) is 0 Å². The maximum Gasteiger partial charge on any atom is 0.265 e. The fraction of sp³-hybridized carbons (Fsp3) is 0.133. The molecule has 5 heteroatoms. The van der Waals surface area contributed by atoms with Gasteiger partial charge < -0.3 is 5.32 Å². The summed E-state index contributed by atoms with van der Waals surface area (Å²) in [6.07, 6.45) is 1.04. The van der Waals surface area contributed by atoms with Crippen molar-refractivity contribution in [3.05, 3.63) is 51.2 Å². The number of thiophene rings is 2. The number of nitrogens with one attached hydrogen (secondary N) is 1. The van der Waals surface area contributed by atoms with Crippen LogP contribution < -0.4 is 5.32 Å². The number of hydrogen-bond donors (Lipinski definition) is 1. The second-order valence-electron chi connectivity index (χ2n) is 4.38. The van der Waals surface area contributed by atoms with Crippen LogP contribution in [0.15, 0.2) is 36.4 Å². The molecular weight excluding hydrogens is 310 g/mol. The van der Waals surface area contributed by atoms with E-state index in [0.717, 1.165) is 22.4 Å². The Morgan fingerprint density at radius 1 is 1.20 bits per heavy atom. The molecule has 0 unspecified atom stereocenters. The lowest BCUT2D eigenvalue weighted by atomic mass is 10.3. The van der Waals surface area contributed by atoms with E-state index in [4.69, 9.17) is 11.6 Å². The lowest BCUT2D eigenvalue weighted by molar-refractivity contribution is 0.103. The smallest absolute Gasteiger partial charge is 0.265 e. The van der Waals surface area contributed by atoms with Crippen molar-refractivity contribution in [3.8, 4) is 0 Å². The molecule has 1 amide bonds. The predicted octanol–water partition coefficient (Wildman–Crippen LogP) is 5.43. The molecule has 2 nitrogen and oxygen atoms in total. The van der Waals surface area contributed by atoms with Crippen LogP contribution in [-0.4, -0.2) is 5.91 Å². The number of halogens is 1. The highest BCUT2D eigenvalue weighted by molar-refractivity contribution is 7.39. The van der Waals surface area contributed by atoms with Gasteiger partial charge in [-0.25, -0.2) is 0 Å². The number of aryl methyl sites for hydroxylation is 1. The molecule has 0 saturated carbocycles. The number of fused-ring (bicyclic) bond motifs is 1. The number of benzene rings is 1. The Labute approximate surface area is 130 Å². The van der Waals surface area contributed by atoms with Gasteiger partial charge in [0.15, 0.2) is 0 Å². The first-order valence-corrected chi connectivity index (χ1v) is 8.26. The second-order valence-corrected chi connectivity index (χ2v) is 7.26. The second kappa shape index (κ2) is 5.56. The van der Waals surface area contributed by atoms with E-state index in [1.807, 2.05) is 6.07 Å². The van der Waals surface area contributed by atoms with Crippen molar-refractivity contribution in [3.63, 3.8) is 0 Å². The van der Waals surface area contributed by atoms with Gasteiger partial charge in [-0.3, -0.25) is 4.79 Å². The highest BCUT2D eigenvalue weighted by Gasteiger charge is 2.12. The van der Waals surface area contributed by atoms with Gasteiger partial charge in [0.1, 0.15) is 0 Å². The average molecular weight is 322 g/mol. The van der Waals surface area contributed by atoms with Crippen LogP contribution in [0.3, 0.4) is 0 Å². The van der Waals surface area contributed by atoms with Gasteiger partial charge in [-0.1, -0.05) is 18.5 Å². The maximum atomic E-state index is 12.2. The van der Waals surface area contributed by atoms with Gasteiger partial charge in [-0.2, -0.15) is 0 Å². The van der Waals surface area contributed by atoms with Crippen LogP contribution in [0, 0.1) is 0 Å². The molecule has 1 N–H and O–H groups in total. The first-order chi connectivity index (χ1) is 9.65. The SMILES string of the molecule is CCc1cc2cc(C(=O)Nc3ccc(Cl)cc3)sc2s1. The molecule has 1 aromatic carbocycles. The third-order valence-electron chi connectivity index (χ3n) is 2.94. The minimum Gasteiger partial charge on any atom is -0.321 e. The van der Waals surface area contributed by atoms with E-state index in [0.29, 0.717) is 5.02 Å². The molecule has 3 rings (SSSR count). The third-order valence-corrected chi connectivity index (χ3v) is 5.73. The van der Waals surface area contributed by atoms with Crippen LogP contribution in [0.4, 0.5) is 5.69 Å². The Morgan fingerprint density at radius 3 is 2.60 bits per heavy atom. The van der Waals surface area contributed by atoms with Gasteiger partial charge in [0.05, 0.1) is 8.89 Å². The summed E-state index contributed by atoms with van der Waals surface area (Å²) in [6.45, 7) is 2.14. The van der Waals surface area contributed by atoms with E-state index in [1.165, 1.54) is 8.89 Å². The molecular formula is C15H12ClNOS2. The monoisotopic (exact) mass is 321 g/mol. The fourth-order valence-corrected chi connectivity index (χ4v) is 4.36. The van der Waals surface area contributed by atoms with E-state index in [-0.39, 0.29) is 5.91 Å². The number of carbonyl (C=O) groups is 1. The molecule has 0 saturated heterocycles. The van der Waals surface area contributed by atoms with Crippen molar-refractivity contribution in [1.82, 2.24) is 0 Å². The summed E-state index contributed by atoms with van der Waals surface area (Å²) in [4.78, 5) is 14.3. The van der Waals surface area contributed by atoms with Crippen molar-refractivity contribution in [2.45, 2.75) is 13.3 Å². The standard InChI is InChI=1S/C15H12ClNOS2/c1-2-12-7-9-8-13(20-15(9)19-12)14(18)17-11-5-3-10(16)4-6-11/h3-8H,2H2,1H3,(H,17,18). The summed E-state index contributed by atoms with van der Waals surface area (Å²) in [7, 11) is 0. The number of anilines is 1. The molecule has 0 aliphatic carbocycles. The number of amides is 1. The van der Waals surface area contributed by atoms with Crippen molar-refractivity contribution < 1.29 is 4.79 Å². The molecule has 102 valence electrons. The summed E-state index contributed by atoms with van der Waals surface area (Å²) < 4.78 is 1.21. The van der Waals surface area contributed by atoms with E-state index in [2.05, 4.69) is 18.3 Å². The lowest BCUT2D eigenvalue weighted by Crippen LogP contribution is -2.09. The topological polar surface area (TPSA) is 29.1 Å². The van der Waals surface area contributed by atoms with Crippen LogP contribution in [0.25, 0.3) is 9.40 Å². The number of hydrogen-bond acceptors (Lipinski definition) is 3. The van der Waals surface area contributed by atoms with Gasteiger partial charge >= 0.3 is 0 Å². The molecule has 0 radical (unpaired) electrons. The Bertz CT molecular complexity index is 726. The largest absolute Gasteiger partial charge is 0.321 e. The third kappa shape index (κ3) is 2.73. The molecule has 0 aliphatic heterocycles. The summed E-state index contributed by atoms with van der Waals surface area (Å²) in [5.74, 6) is -0.0706. The zero-order valence-corrected chi connectivity index (χ0v) is 13.2. The van der Waals surface area contributed by atoms with Crippen molar-refractivity contribution in [2.75, 3.05) is 5.32 Å². The zero-order chi connectivity index (χ0) is 14.1. The van der Waals surface area contributed by atoms with Crippen molar-refractivity contribution >= 4 is 55.3 Å². The minimum atomic E-state index is -0.0706. The molecule has 2 heterocycles. The summed E-state index contributed by atoms with van der Waals surface area (Å²) >= 11 is 9.13. The molecule has 0 atom stereocenters. The molecule has 0 aliphatic rings. The highest BCUT2D eigenvalue weighted by atomic mass is 35.5. The molecule has 20 heavy (non-hydrogen) atoms. The van der Waals surface area contributed by atoms with Gasteiger partial charge in [0.25, 0.3) is 5.91 Å². The fourth-order valence-electron chi connectivity index (χ4n) is 1.90. The summed E-state index contributed by atoms with van der Waals surface area (Å²) in [6, 6.07) is 11.2. The van der Waals surface area contributed by atoms with Crippen LogP contribution in [0.1, 0.15) is 21.5 Å². The van der Waals surface area contributed by atoms with E-state index < -0.39 is 0 Å². The minimum absolute atomic E-state index is 0.0706. The molecule has 0 fully saturated rings. The average Bonchev–Trinajstić information content (AvgIpc) is 2.99. The number of carbonyl (C=O) groups excluding carboxylic acids is 1. The first-order valence-electron chi connectivity index (χ1n) is 6.25. The molecule has 2 aromatic heterocycles. The summed E-state index contributed by atoms with van der Waals surface area (Å²) in [5, 5.41) is 4.71. The van der Waals surface area contributed by atoms with Crippen molar-refractivity contribution in [2.24, 2.45) is 0 Å². The lowest BCUT2D eigenvalue weighted by Gasteiger charge is -2.02. The van der Waals surface area contributed by atoms with E-state index >= 15 is 0 Å². The van der Waals surface area contributed by atoms with Crippen molar-refractivity contribution in [1.29, 1.82) is 0 Å². The van der Waals surface area contributed by atoms with Gasteiger partial charge in [0, 0.05) is 21.0 Å². The van der Waals surface area contributed by atoms with Crippen LogP contribution in [0.2, 0.25) is 5.02 Å². The number of rotatable bonds is 3. The normalized spacial score (nSPS) is 10.9. The quantitative estimate of drug-likeness (QED) is 0.684. The van der Waals surface area contributed by atoms with Gasteiger partial charge in [-0.05, 0) is 42.8 Å². The van der Waals surface area contributed by atoms with Gasteiger partial charge in [0.2, 0.25) is 0 Å². The Balaban J connectivity index is 1.81. The summed E-state index contributed by atoms with van der Waals surface area (Å²) in [5.41, 5.74) is 0.755. The van der Waals surface area contributed by atoms with Crippen LogP contribution in [-0.2, 0) is 6.42 Å². The van der Waals surface area contributed by atoms with E-state index in [1.54, 1.807) is 46.9 Å². The Kier molecular flexibility index (Phi) is 3.78. The zero-order valence-electron chi connectivity index (χ0n) is 10.8. The molecule has 3 aromatic rings. The van der Waals surface area contributed by atoms with Gasteiger partial charge in [-0.15, -0.1) is 22.7 Å². The Morgan fingerprint density at radius 2 is 1.95 bits per heavy atom. The first kappa shape index (κ1) is 13.6.